The number of thiol groups is 2. The number of hydrogen-bond donors (Lipinski definition) is 2. The molecule has 0 saturated carbocycles. The molecule has 2 heteroatoms. The summed E-state index contributed by atoms with van der Waals surface area (Å²) in [5.41, 5.74) is 0. The fraction of sp³-hybridized carbons (Fsp3) is 1.00. The molecular weight excluding hydrogens is 148 g/mol. The Balaban J connectivity index is 2.08. The van der Waals surface area contributed by atoms with Crippen LogP contribution in [0.5, 0.6) is 0 Å². The largest absolute Gasteiger partial charge is 0.253 e. The quantitative estimate of drug-likeness (QED) is 0.574. The Kier molecular flexibility index (Phi) is 3.91. The SMILES string of the molecule is SCC[SH]1CCCCC1. The van der Waals surface area contributed by atoms with Gasteiger partial charge in [0.05, 0.1) is 0 Å². The molecule has 9 heavy (non-hydrogen) atoms. The second-order valence-corrected chi connectivity index (χ2v) is 5.76. The Bertz CT molecular complexity index is 64.6. The Hall–Kier alpha value is 0.700. The third-order valence-electron chi connectivity index (χ3n) is 1.86. The molecular formula is C7H16S2. The van der Waals surface area contributed by atoms with E-state index >= 15 is 0 Å². The Labute approximate surface area is 66.2 Å². The smallest absolute Gasteiger partial charge is 0.00236 e. The van der Waals surface area contributed by atoms with Gasteiger partial charge in [-0.3, -0.25) is 10.9 Å². The first-order valence-corrected chi connectivity index (χ1v) is 6.29. The maximum absolute atomic E-state index is 4.25. The van der Waals surface area contributed by atoms with Crippen molar-refractivity contribution in [3.8, 4) is 0 Å². The molecule has 0 aromatic rings. The lowest BCUT2D eigenvalue weighted by Crippen LogP contribution is -2.05. The van der Waals surface area contributed by atoms with Gasteiger partial charge < -0.3 is 0 Å². The van der Waals surface area contributed by atoms with Gasteiger partial charge in [-0.2, -0.15) is 12.6 Å². The van der Waals surface area contributed by atoms with Crippen LogP contribution >= 0.6 is 23.5 Å². The molecule has 0 bridgehead atoms. The topological polar surface area (TPSA) is 0 Å². The molecule has 1 rings (SSSR count). The molecule has 1 saturated heterocycles. The molecule has 0 nitrogen and oxygen atoms in total. The van der Waals surface area contributed by atoms with E-state index in [1.54, 1.807) is 0 Å². The van der Waals surface area contributed by atoms with E-state index in [-0.39, 0.29) is 0 Å². The maximum atomic E-state index is 4.25. The minimum Gasteiger partial charge on any atom is -0.253 e. The average Bonchev–Trinajstić information content (AvgIpc) is 1.91. The summed E-state index contributed by atoms with van der Waals surface area (Å²) in [5, 5.41) is 0. The Morgan fingerprint density at radius 3 is 2.33 bits per heavy atom. The van der Waals surface area contributed by atoms with Crippen LogP contribution in [0.15, 0.2) is 0 Å². The van der Waals surface area contributed by atoms with Gasteiger partial charge in [-0.15, -0.1) is 0 Å². The van der Waals surface area contributed by atoms with Gasteiger partial charge in [0.1, 0.15) is 0 Å². The van der Waals surface area contributed by atoms with Gasteiger partial charge in [0.2, 0.25) is 0 Å². The van der Waals surface area contributed by atoms with Gasteiger partial charge in [0.15, 0.2) is 0 Å². The van der Waals surface area contributed by atoms with Crippen LogP contribution in [0.2, 0.25) is 0 Å². The zero-order chi connectivity index (χ0) is 6.53. The van der Waals surface area contributed by atoms with Crippen molar-refractivity contribution in [3.63, 3.8) is 0 Å². The first-order chi connectivity index (χ1) is 4.43. The zero-order valence-electron chi connectivity index (χ0n) is 5.84. The van der Waals surface area contributed by atoms with Gasteiger partial charge in [-0.25, -0.2) is 0 Å². The van der Waals surface area contributed by atoms with E-state index in [4.69, 9.17) is 0 Å². The van der Waals surface area contributed by atoms with E-state index in [0.717, 1.165) is 5.75 Å². The first-order valence-electron chi connectivity index (χ1n) is 3.76. The Morgan fingerprint density at radius 2 is 1.78 bits per heavy atom. The zero-order valence-corrected chi connectivity index (χ0v) is 7.63. The van der Waals surface area contributed by atoms with Crippen molar-refractivity contribution in [2.75, 3.05) is 23.0 Å². The summed E-state index contributed by atoms with van der Waals surface area (Å²) in [4.78, 5) is 0. The molecule has 0 aliphatic carbocycles. The van der Waals surface area contributed by atoms with Crippen LogP contribution in [-0.2, 0) is 0 Å². The number of hydrogen-bond acceptors (Lipinski definition) is 1. The van der Waals surface area contributed by atoms with Gasteiger partial charge >= 0.3 is 0 Å². The summed E-state index contributed by atoms with van der Waals surface area (Å²) in [7, 11) is 0.452. The van der Waals surface area contributed by atoms with Crippen molar-refractivity contribution in [3.05, 3.63) is 0 Å². The normalized spacial score (nSPS) is 24.3. The van der Waals surface area contributed by atoms with Crippen LogP contribution < -0.4 is 0 Å². The second-order valence-electron chi connectivity index (χ2n) is 2.63. The van der Waals surface area contributed by atoms with E-state index in [1.165, 1.54) is 36.5 Å². The number of rotatable bonds is 2. The molecule has 1 fully saturated rings. The highest BCUT2D eigenvalue weighted by molar-refractivity contribution is 8.17. The van der Waals surface area contributed by atoms with Gasteiger partial charge in [-0.05, 0) is 35.9 Å². The summed E-state index contributed by atoms with van der Waals surface area (Å²) in [6, 6.07) is 0. The lowest BCUT2D eigenvalue weighted by atomic mass is 10.3. The molecule has 1 heterocycles. The summed E-state index contributed by atoms with van der Waals surface area (Å²) in [5.74, 6) is 5.61. The van der Waals surface area contributed by atoms with E-state index < -0.39 is 0 Å². The molecule has 1 aliphatic heterocycles. The molecule has 0 spiro atoms. The van der Waals surface area contributed by atoms with E-state index in [9.17, 15) is 0 Å². The molecule has 56 valence electrons. The van der Waals surface area contributed by atoms with Gasteiger partial charge in [0.25, 0.3) is 0 Å². The standard InChI is InChI=1S/C7H16S2/c8-4-7-9-5-2-1-3-6-9/h8-9H,1-7H2. The van der Waals surface area contributed by atoms with Crippen LogP contribution in [-0.4, -0.2) is 23.0 Å². The molecule has 1 aliphatic rings. The molecule has 0 aromatic heterocycles. The van der Waals surface area contributed by atoms with Crippen LogP contribution in [0.3, 0.4) is 0 Å². The van der Waals surface area contributed by atoms with Crippen molar-refractivity contribution < 1.29 is 0 Å². The average molecular weight is 164 g/mol. The lowest BCUT2D eigenvalue weighted by molar-refractivity contribution is 0.759. The third-order valence-corrected chi connectivity index (χ3v) is 5.19. The van der Waals surface area contributed by atoms with Crippen LogP contribution in [0.4, 0.5) is 0 Å². The van der Waals surface area contributed by atoms with Crippen molar-refractivity contribution in [1.29, 1.82) is 0 Å². The first kappa shape index (κ1) is 7.80. The Morgan fingerprint density at radius 1 is 1.11 bits per heavy atom. The van der Waals surface area contributed by atoms with Crippen molar-refractivity contribution in [1.82, 2.24) is 0 Å². The third kappa shape index (κ3) is 2.85. The summed E-state index contributed by atoms with van der Waals surface area (Å²) in [6.07, 6.45) is 4.49. The van der Waals surface area contributed by atoms with E-state index in [0.29, 0.717) is 10.9 Å². The molecule has 0 unspecified atom stereocenters. The predicted molar refractivity (Wildman–Crippen MR) is 51.3 cm³/mol. The maximum Gasteiger partial charge on any atom is -0.00236 e. The molecule has 0 atom stereocenters. The summed E-state index contributed by atoms with van der Waals surface area (Å²) < 4.78 is 0. The lowest BCUT2D eigenvalue weighted by Gasteiger charge is -2.24. The van der Waals surface area contributed by atoms with E-state index in [2.05, 4.69) is 12.6 Å². The molecule has 0 radical (unpaired) electrons. The van der Waals surface area contributed by atoms with Crippen LogP contribution in [0.1, 0.15) is 19.3 Å². The van der Waals surface area contributed by atoms with Crippen molar-refractivity contribution in [2.45, 2.75) is 19.3 Å². The highest BCUT2D eigenvalue weighted by Gasteiger charge is 2.07. The summed E-state index contributed by atoms with van der Waals surface area (Å²) >= 11 is 4.25. The van der Waals surface area contributed by atoms with Crippen molar-refractivity contribution in [2.24, 2.45) is 0 Å². The van der Waals surface area contributed by atoms with E-state index in [1.807, 2.05) is 0 Å². The molecule has 0 amide bonds. The highest BCUT2D eigenvalue weighted by Crippen LogP contribution is 2.32. The summed E-state index contributed by atoms with van der Waals surface area (Å²) in [6.45, 7) is 0. The predicted octanol–water partition coefficient (Wildman–Crippen LogP) is 2.10. The minimum absolute atomic E-state index is 0.452. The fourth-order valence-electron chi connectivity index (χ4n) is 1.32. The monoisotopic (exact) mass is 164 g/mol. The molecule has 0 aromatic carbocycles. The highest BCUT2D eigenvalue weighted by atomic mass is 32.2. The van der Waals surface area contributed by atoms with Crippen LogP contribution in [0, 0.1) is 0 Å². The van der Waals surface area contributed by atoms with Crippen LogP contribution in [0.25, 0.3) is 0 Å². The van der Waals surface area contributed by atoms with Gasteiger partial charge in [-0.1, -0.05) is 6.42 Å². The minimum atomic E-state index is 0.452. The fourth-order valence-corrected chi connectivity index (χ4v) is 4.47. The van der Waals surface area contributed by atoms with Crippen molar-refractivity contribution >= 4 is 23.5 Å². The second kappa shape index (κ2) is 4.51. The molecule has 0 N–H and O–H groups in total. The van der Waals surface area contributed by atoms with Gasteiger partial charge in [0, 0.05) is 0 Å².